The van der Waals surface area contributed by atoms with Gasteiger partial charge in [-0.15, -0.1) is 0 Å². The van der Waals surface area contributed by atoms with Crippen LogP contribution in [0.1, 0.15) is 5.69 Å². The molecule has 0 unspecified atom stereocenters. The van der Waals surface area contributed by atoms with E-state index in [0.29, 0.717) is 17.3 Å². The van der Waals surface area contributed by atoms with Crippen LogP contribution in [-0.4, -0.2) is 15.1 Å². The Balaban J connectivity index is 2.18. The lowest BCUT2D eigenvalue weighted by molar-refractivity contribution is 0.276. The third-order valence-corrected chi connectivity index (χ3v) is 2.55. The van der Waals surface area contributed by atoms with Crippen LogP contribution in [0.15, 0.2) is 41.1 Å². The highest BCUT2D eigenvalue weighted by molar-refractivity contribution is 9.10. The van der Waals surface area contributed by atoms with Crippen LogP contribution in [0, 0.1) is 0 Å². The molecule has 0 amide bonds. The van der Waals surface area contributed by atoms with Gasteiger partial charge in [-0.05, 0) is 28.1 Å². The van der Waals surface area contributed by atoms with Gasteiger partial charge in [-0.3, -0.25) is 4.98 Å². The number of rotatable bonds is 3. The van der Waals surface area contributed by atoms with Crippen LogP contribution in [0.5, 0.6) is 11.6 Å². The fourth-order valence-corrected chi connectivity index (χ4v) is 1.48. The average Bonchev–Trinajstić information content (AvgIpc) is 2.33. The highest BCUT2D eigenvalue weighted by atomic mass is 79.9. The van der Waals surface area contributed by atoms with Crippen LogP contribution in [-0.2, 0) is 6.61 Å². The van der Waals surface area contributed by atoms with E-state index in [2.05, 4.69) is 25.9 Å². The fraction of sp³-hybridized carbons (Fsp3) is 0.0909. The van der Waals surface area contributed by atoms with E-state index in [-0.39, 0.29) is 6.61 Å². The lowest BCUT2D eigenvalue weighted by Crippen LogP contribution is -1.93. The minimum atomic E-state index is -0.123. The average molecular weight is 281 g/mol. The van der Waals surface area contributed by atoms with Crippen molar-refractivity contribution in [2.24, 2.45) is 0 Å². The first kappa shape index (κ1) is 11.0. The number of hydrogen-bond acceptors (Lipinski definition) is 4. The summed E-state index contributed by atoms with van der Waals surface area (Å²) in [6.45, 7) is -0.123. The van der Waals surface area contributed by atoms with Crippen LogP contribution in [0.2, 0.25) is 0 Å². The Hall–Kier alpha value is -1.46. The normalized spacial score (nSPS) is 10.1. The van der Waals surface area contributed by atoms with E-state index in [9.17, 15) is 0 Å². The second kappa shape index (κ2) is 5.05. The van der Waals surface area contributed by atoms with Gasteiger partial charge in [0.1, 0.15) is 5.75 Å². The number of halogens is 1. The third kappa shape index (κ3) is 2.56. The van der Waals surface area contributed by atoms with E-state index in [1.807, 2.05) is 24.3 Å². The first-order valence-corrected chi connectivity index (χ1v) is 5.43. The lowest BCUT2D eigenvalue weighted by Gasteiger charge is -2.05. The molecule has 1 heterocycles. The van der Waals surface area contributed by atoms with Gasteiger partial charge in [-0.25, -0.2) is 4.98 Å². The first-order chi connectivity index (χ1) is 7.79. The molecular weight excluding hydrogens is 272 g/mol. The summed E-state index contributed by atoms with van der Waals surface area (Å²) in [6, 6.07) is 7.48. The van der Waals surface area contributed by atoms with Crippen molar-refractivity contribution in [3.63, 3.8) is 0 Å². The minimum absolute atomic E-state index is 0.123. The van der Waals surface area contributed by atoms with Crippen molar-refractivity contribution in [1.82, 2.24) is 9.97 Å². The van der Waals surface area contributed by atoms with Gasteiger partial charge in [-0.2, -0.15) is 0 Å². The van der Waals surface area contributed by atoms with Crippen molar-refractivity contribution >= 4 is 15.9 Å². The molecule has 4 nitrogen and oxygen atoms in total. The number of aliphatic hydroxyl groups excluding tert-OH is 1. The summed E-state index contributed by atoms with van der Waals surface area (Å²) in [5.41, 5.74) is 0.513. The zero-order valence-corrected chi connectivity index (χ0v) is 9.89. The molecule has 0 saturated carbocycles. The molecule has 0 aliphatic rings. The number of aromatic nitrogens is 2. The number of benzene rings is 1. The molecule has 2 rings (SSSR count). The van der Waals surface area contributed by atoms with Crippen molar-refractivity contribution < 1.29 is 9.84 Å². The third-order valence-electron chi connectivity index (χ3n) is 1.89. The second-order valence-corrected chi connectivity index (χ2v) is 3.89. The Bertz CT molecular complexity index is 474. The molecular formula is C11H9BrN2O2. The van der Waals surface area contributed by atoms with Crippen LogP contribution in [0.25, 0.3) is 0 Å². The maximum absolute atomic E-state index is 8.81. The van der Waals surface area contributed by atoms with Gasteiger partial charge in [0.15, 0.2) is 0 Å². The van der Waals surface area contributed by atoms with E-state index in [4.69, 9.17) is 9.84 Å². The van der Waals surface area contributed by atoms with Crippen LogP contribution < -0.4 is 4.74 Å². The van der Waals surface area contributed by atoms with Gasteiger partial charge in [0.05, 0.1) is 29.2 Å². The van der Waals surface area contributed by atoms with Crippen molar-refractivity contribution in [2.45, 2.75) is 6.61 Å². The van der Waals surface area contributed by atoms with Crippen LogP contribution in [0.4, 0.5) is 0 Å². The minimum Gasteiger partial charge on any atom is -0.436 e. The molecule has 1 aromatic heterocycles. The molecule has 16 heavy (non-hydrogen) atoms. The quantitative estimate of drug-likeness (QED) is 0.939. The lowest BCUT2D eigenvalue weighted by atomic mass is 10.3. The standard InChI is InChI=1S/C11H9BrN2O2/c12-9-3-1-2-4-10(9)16-11-6-13-8(7-15)5-14-11/h1-6,15H,7H2. The van der Waals surface area contributed by atoms with Gasteiger partial charge >= 0.3 is 0 Å². The molecule has 1 aromatic carbocycles. The van der Waals surface area contributed by atoms with Gasteiger partial charge < -0.3 is 9.84 Å². The zero-order chi connectivity index (χ0) is 11.4. The number of nitrogens with zero attached hydrogens (tertiary/aromatic N) is 2. The maximum Gasteiger partial charge on any atom is 0.237 e. The van der Waals surface area contributed by atoms with Crippen LogP contribution in [0.3, 0.4) is 0 Å². The summed E-state index contributed by atoms with van der Waals surface area (Å²) >= 11 is 3.37. The Morgan fingerprint density at radius 1 is 1.19 bits per heavy atom. The molecule has 0 aliphatic carbocycles. The maximum atomic E-state index is 8.81. The van der Waals surface area contributed by atoms with Crippen LogP contribution >= 0.6 is 15.9 Å². The molecule has 0 spiro atoms. The van der Waals surface area contributed by atoms with Gasteiger partial charge in [0.2, 0.25) is 5.88 Å². The fourth-order valence-electron chi connectivity index (χ4n) is 1.12. The van der Waals surface area contributed by atoms with E-state index in [0.717, 1.165) is 4.47 Å². The topological polar surface area (TPSA) is 55.2 Å². The monoisotopic (exact) mass is 280 g/mol. The zero-order valence-electron chi connectivity index (χ0n) is 8.30. The predicted molar refractivity (Wildman–Crippen MR) is 62.2 cm³/mol. The van der Waals surface area contributed by atoms with Crippen molar-refractivity contribution in [1.29, 1.82) is 0 Å². The highest BCUT2D eigenvalue weighted by Gasteiger charge is 2.02. The summed E-state index contributed by atoms with van der Waals surface area (Å²) in [4.78, 5) is 7.99. The highest BCUT2D eigenvalue weighted by Crippen LogP contribution is 2.27. The summed E-state index contributed by atoms with van der Waals surface area (Å²) < 4.78 is 6.36. The SMILES string of the molecule is OCc1cnc(Oc2ccccc2Br)cn1. The Morgan fingerprint density at radius 2 is 2.00 bits per heavy atom. The number of para-hydroxylation sites is 1. The smallest absolute Gasteiger partial charge is 0.237 e. The summed E-state index contributed by atoms with van der Waals surface area (Å²) in [6.07, 6.45) is 2.96. The van der Waals surface area contributed by atoms with E-state index >= 15 is 0 Å². The molecule has 0 saturated heterocycles. The molecule has 1 N–H and O–H groups in total. The molecule has 0 bridgehead atoms. The molecule has 0 radical (unpaired) electrons. The first-order valence-electron chi connectivity index (χ1n) is 4.64. The number of ether oxygens (including phenoxy) is 1. The van der Waals surface area contributed by atoms with Gasteiger partial charge in [-0.1, -0.05) is 12.1 Å². The Labute approximate surface area is 101 Å². The number of aliphatic hydroxyl groups is 1. The molecule has 82 valence electrons. The van der Waals surface area contributed by atoms with Gasteiger partial charge in [0.25, 0.3) is 0 Å². The van der Waals surface area contributed by atoms with E-state index in [1.165, 1.54) is 12.4 Å². The predicted octanol–water partition coefficient (Wildman–Crippen LogP) is 2.52. The van der Waals surface area contributed by atoms with Crippen molar-refractivity contribution in [3.05, 3.63) is 46.8 Å². The molecule has 0 atom stereocenters. The molecule has 0 aliphatic heterocycles. The summed E-state index contributed by atoms with van der Waals surface area (Å²) in [5, 5.41) is 8.81. The van der Waals surface area contributed by atoms with E-state index in [1.54, 1.807) is 0 Å². The van der Waals surface area contributed by atoms with E-state index < -0.39 is 0 Å². The Morgan fingerprint density at radius 3 is 2.62 bits per heavy atom. The largest absolute Gasteiger partial charge is 0.436 e. The van der Waals surface area contributed by atoms with Gasteiger partial charge in [0, 0.05) is 0 Å². The number of hydrogen-bond donors (Lipinski definition) is 1. The molecule has 0 fully saturated rings. The molecule has 5 heteroatoms. The second-order valence-electron chi connectivity index (χ2n) is 3.04. The van der Waals surface area contributed by atoms with Crippen molar-refractivity contribution in [3.8, 4) is 11.6 Å². The van der Waals surface area contributed by atoms with Crippen molar-refractivity contribution in [2.75, 3.05) is 0 Å². The Kier molecular flexibility index (Phi) is 3.48. The molecule has 2 aromatic rings. The summed E-state index contributed by atoms with van der Waals surface area (Å²) in [7, 11) is 0. The summed E-state index contributed by atoms with van der Waals surface area (Å²) in [5.74, 6) is 1.07.